The standard InChI is InChI=1S/C16H18N2O3S/c1-3-21-13-8-6-12(7-9-13)18-15(19)11(2)17-16(20)14-5-4-10-22-14/h4-11H,3H2,1-2H3,(H,17,20)(H,18,19). The predicted molar refractivity (Wildman–Crippen MR) is 87.5 cm³/mol. The lowest BCUT2D eigenvalue weighted by Gasteiger charge is -2.14. The summed E-state index contributed by atoms with van der Waals surface area (Å²) < 4.78 is 5.34. The van der Waals surface area contributed by atoms with E-state index < -0.39 is 6.04 Å². The van der Waals surface area contributed by atoms with E-state index in [0.29, 0.717) is 17.2 Å². The summed E-state index contributed by atoms with van der Waals surface area (Å²) in [5, 5.41) is 7.24. The van der Waals surface area contributed by atoms with Gasteiger partial charge in [-0.2, -0.15) is 0 Å². The summed E-state index contributed by atoms with van der Waals surface area (Å²) in [5.74, 6) is 0.234. The van der Waals surface area contributed by atoms with Crippen LogP contribution in [0, 0.1) is 0 Å². The molecule has 0 spiro atoms. The Kier molecular flexibility index (Phi) is 5.55. The van der Waals surface area contributed by atoms with Crippen LogP contribution < -0.4 is 15.4 Å². The van der Waals surface area contributed by atoms with Crippen LogP contribution in [0.25, 0.3) is 0 Å². The van der Waals surface area contributed by atoms with Crippen molar-refractivity contribution in [1.29, 1.82) is 0 Å². The maximum absolute atomic E-state index is 12.1. The van der Waals surface area contributed by atoms with Crippen LogP contribution in [0.4, 0.5) is 5.69 Å². The minimum absolute atomic E-state index is 0.246. The van der Waals surface area contributed by atoms with Crippen molar-refractivity contribution in [3.63, 3.8) is 0 Å². The van der Waals surface area contributed by atoms with Crippen LogP contribution in [0.5, 0.6) is 5.75 Å². The van der Waals surface area contributed by atoms with Gasteiger partial charge in [0.1, 0.15) is 11.8 Å². The molecule has 0 saturated heterocycles. The summed E-state index contributed by atoms with van der Waals surface area (Å²) in [4.78, 5) is 24.6. The molecular formula is C16H18N2O3S. The molecule has 1 unspecified atom stereocenters. The third kappa shape index (κ3) is 4.33. The molecule has 116 valence electrons. The van der Waals surface area contributed by atoms with E-state index in [9.17, 15) is 9.59 Å². The van der Waals surface area contributed by atoms with Crippen molar-refractivity contribution in [2.75, 3.05) is 11.9 Å². The van der Waals surface area contributed by atoms with Crippen molar-refractivity contribution in [3.05, 3.63) is 46.7 Å². The van der Waals surface area contributed by atoms with Crippen LogP contribution in [0.3, 0.4) is 0 Å². The smallest absolute Gasteiger partial charge is 0.261 e. The molecule has 0 aliphatic rings. The van der Waals surface area contributed by atoms with Crippen molar-refractivity contribution in [1.82, 2.24) is 5.32 Å². The summed E-state index contributed by atoms with van der Waals surface area (Å²) in [6.07, 6.45) is 0. The Labute approximate surface area is 133 Å². The van der Waals surface area contributed by atoms with Gasteiger partial charge in [-0.1, -0.05) is 6.07 Å². The van der Waals surface area contributed by atoms with E-state index in [1.165, 1.54) is 11.3 Å². The molecule has 0 aliphatic carbocycles. The van der Waals surface area contributed by atoms with Gasteiger partial charge in [0.25, 0.3) is 5.91 Å². The van der Waals surface area contributed by atoms with E-state index in [1.807, 2.05) is 12.3 Å². The number of carbonyl (C=O) groups excluding carboxylic acids is 2. The molecule has 1 heterocycles. The molecular weight excluding hydrogens is 300 g/mol. The lowest BCUT2D eigenvalue weighted by atomic mass is 10.2. The van der Waals surface area contributed by atoms with Gasteiger partial charge in [0.05, 0.1) is 11.5 Å². The number of amides is 2. The largest absolute Gasteiger partial charge is 0.494 e. The summed E-state index contributed by atoms with van der Waals surface area (Å²) >= 11 is 1.34. The lowest BCUT2D eigenvalue weighted by Crippen LogP contribution is -2.41. The van der Waals surface area contributed by atoms with Gasteiger partial charge < -0.3 is 15.4 Å². The normalized spacial score (nSPS) is 11.5. The van der Waals surface area contributed by atoms with Crippen LogP contribution in [0.2, 0.25) is 0 Å². The van der Waals surface area contributed by atoms with Crippen molar-refractivity contribution < 1.29 is 14.3 Å². The Morgan fingerprint density at radius 3 is 2.55 bits per heavy atom. The molecule has 2 aromatic rings. The number of carbonyl (C=O) groups is 2. The van der Waals surface area contributed by atoms with Gasteiger partial charge in [0, 0.05) is 5.69 Å². The molecule has 1 aromatic carbocycles. The first-order valence-corrected chi connectivity index (χ1v) is 7.86. The Bertz CT molecular complexity index is 623. The maximum atomic E-state index is 12.1. The van der Waals surface area contributed by atoms with Crippen molar-refractivity contribution in [3.8, 4) is 5.75 Å². The lowest BCUT2D eigenvalue weighted by molar-refractivity contribution is -0.117. The molecule has 22 heavy (non-hydrogen) atoms. The Hall–Kier alpha value is -2.34. The molecule has 1 aromatic heterocycles. The zero-order chi connectivity index (χ0) is 15.9. The SMILES string of the molecule is CCOc1ccc(NC(=O)C(C)NC(=O)c2cccs2)cc1. The highest BCUT2D eigenvalue weighted by molar-refractivity contribution is 7.12. The Morgan fingerprint density at radius 1 is 1.23 bits per heavy atom. The average molecular weight is 318 g/mol. The maximum Gasteiger partial charge on any atom is 0.261 e. The Balaban J connectivity index is 1.89. The first-order valence-electron chi connectivity index (χ1n) is 6.98. The van der Waals surface area contributed by atoms with E-state index >= 15 is 0 Å². The van der Waals surface area contributed by atoms with Gasteiger partial charge in [-0.15, -0.1) is 11.3 Å². The molecule has 0 aliphatic heterocycles. The molecule has 0 fully saturated rings. The zero-order valence-electron chi connectivity index (χ0n) is 12.5. The van der Waals surface area contributed by atoms with E-state index in [2.05, 4.69) is 10.6 Å². The zero-order valence-corrected chi connectivity index (χ0v) is 13.3. The fourth-order valence-electron chi connectivity index (χ4n) is 1.79. The number of anilines is 1. The summed E-state index contributed by atoms with van der Waals surface area (Å²) in [7, 11) is 0. The minimum Gasteiger partial charge on any atom is -0.494 e. The molecule has 5 nitrogen and oxygen atoms in total. The minimum atomic E-state index is -0.624. The van der Waals surface area contributed by atoms with E-state index in [-0.39, 0.29) is 11.8 Å². The van der Waals surface area contributed by atoms with Gasteiger partial charge in [-0.25, -0.2) is 0 Å². The second-order valence-electron chi connectivity index (χ2n) is 4.62. The number of hydrogen-bond acceptors (Lipinski definition) is 4. The quantitative estimate of drug-likeness (QED) is 0.860. The van der Waals surface area contributed by atoms with Gasteiger partial charge in [-0.05, 0) is 49.6 Å². The number of hydrogen-bond donors (Lipinski definition) is 2. The monoisotopic (exact) mass is 318 g/mol. The molecule has 6 heteroatoms. The van der Waals surface area contributed by atoms with Gasteiger partial charge in [0.2, 0.25) is 5.91 Å². The van der Waals surface area contributed by atoms with Crippen LogP contribution >= 0.6 is 11.3 Å². The second-order valence-corrected chi connectivity index (χ2v) is 5.57. The first kappa shape index (κ1) is 16.0. The van der Waals surface area contributed by atoms with E-state index in [4.69, 9.17) is 4.74 Å². The number of benzene rings is 1. The molecule has 2 rings (SSSR count). The van der Waals surface area contributed by atoms with Gasteiger partial charge >= 0.3 is 0 Å². The molecule has 0 saturated carbocycles. The number of rotatable bonds is 6. The molecule has 0 bridgehead atoms. The summed E-state index contributed by atoms with van der Waals surface area (Å²) in [5.41, 5.74) is 0.658. The van der Waals surface area contributed by atoms with E-state index in [0.717, 1.165) is 5.75 Å². The van der Waals surface area contributed by atoms with Crippen molar-refractivity contribution in [2.45, 2.75) is 19.9 Å². The average Bonchev–Trinajstić information content (AvgIpc) is 3.04. The number of ether oxygens (including phenoxy) is 1. The number of nitrogens with one attached hydrogen (secondary N) is 2. The highest BCUT2D eigenvalue weighted by Crippen LogP contribution is 2.16. The molecule has 0 radical (unpaired) electrons. The highest BCUT2D eigenvalue weighted by Gasteiger charge is 2.17. The van der Waals surface area contributed by atoms with Crippen molar-refractivity contribution in [2.24, 2.45) is 0 Å². The van der Waals surface area contributed by atoms with E-state index in [1.54, 1.807) is 43.3 Å². The summed E-state index contributed by atoms with van der Waals surface area (Å²) in [6.45, 7) is 4.15. The molecule has 1 atom stereocenters. The molecule has 2 N–H and O–H groups in total. The third-order valence-electron chi connectivity index (χ3n) is 2.92. The van der Waals surface area contributed by atoms with Crippen molar-refractivity contribution >= 4 is 28.8 Å². The highest BCUT2D eigenvalue weighted by atomic mass is 32.1. The fraction of sp³-hybridized carbons (Fsp3) is 0.250. The van der Waals surface area contributed by atoms with Gasteiger partial charge in [0.15, 0.2) is 0 Å². The number of thiophene rings is 1. The predicted octanol–water partition coefficient (Wildman–Crippen LogP) is 2.90. The first-order chi connectivity index (χ1) is 10.6. The van der Waals surface area contributed by atoms with Crippen LogP contribution in [0.1, 0.15) is 23.5 Å². The Morgan fingerprint density at radius 2 is 1.95 bits per heavy atom. The van der Waals surface area contributed by atoms with Crippen LogP contribution in [-0.2, 0) is 4.79 Å². The second kappa shape index (κ2) is 7.61. The molecule has 2 amide bonds. The van der Waals surface area contributed by atoms with Crippen LogP contribution in [0.15, 0.2) is 41.8 Å². The van der Waals surface area contributed by atoms with Crippen LogP contribution in [-0.4, -0.2) is 24.5 Å². The van der Waals surface area contributed by atoms with Gasteiger partial charge in [-0.3, -0.25) is 9.59 Å². The topological polar surface area (TPSA) is 67.4 Å². The summed E-state index contributed by atoms with van der Waals surface area (Å²) in [6, 6.07) is 9.98. The third-order valence-corrected chi connectivity index (χ3v) is 3.79. The fourth-order valence-corrected chi connectivity index (χ4v) is 2.42.